The molecule has 2 unspecified atom stereocenters. The Morgan fingerprint density at radius 3 is 2.65 bits per heavy atom. The predicted octanol–water partition coefficient (Wildman–Crippen LogP) is 3.13. The number of fused-ring (bicyclic) bond motifs is 1. The number of carbonyl (C=O) groups excluding carboxylic acids is 1. The van der Waals surface area contributed by atoms with Gasteiger partial charge in [0.2, 0.25) is 0 Å². The summed E-state index contributed by atoms with van der Waals surface area (Å²) in [6.07, 6.45) is 3.25. The van der Waals surface area contributed by atoms with Crippen LogP contribution in [0.15, 0.2) is 36.4 Å². The quantitative estimate of drug-likeness (QED) is 0.902. The van der Waals surface area contributed by atoms with Crippen LogP contribution in [-0.4, -0.2) is 25.6 Å². The smallest absolute Gasteiger partial charge is 0.252 e. The van der Waals surface area contributed by atoms with Gasteiger partial charge in [0.25, 0.3) is 5.91 Å². The van der Waals surface area contributed by atoms with Gasteiger partial charge >= 0.3 is 0 Å². The molecule has 0 bridgehead atoms. The lowest BCUT2D eigenvalue weighted by molar-refractivity contribution is 0.0930. The van der Waals surface area contributed by atoms with Gasteiger partial charge in [-0.1, -0.05) is 30.7 Å². The highest BCUT2D eigenvalue weighted by Gasteiger charge is 2.28. The van der Waals surface area contributed by atoms with E-state index < -0.39 is 0 Å². The average Bonchev–Trinajstić information content (AvgIpc) is 3.00. The summed E-state index contributed by atoms with van der Waals surface area (Å²) in [6.45, 7) is 0.633. The molecular weight excluding hydrogens is 312 g/mol. The lowest BCUT2D eigenvalue weighted by atomic mass is 10.0. The van der Waals surface area contributed by atoms with Crippen molar-refractivity contribution in [3.8, 4) is 5.75 Å². The van der Waals surface area contributed by atoms with Gasteiger partial charge in [0.1, 0.15) is 5.75 Å². The fraction of sp³-hybridized carbons (Fsp3) is 0.389. The molecule has 1 fully saturated rings. The third-order valence-electron chi connectivity index (χ3n) is 4.63. The van der Waals surface area contributed by atoms with Gasteiger partial charge in [0.05, 0.1) is 7.11 Å². The van der Waals surface area contributed by atoms with E-state index >= 15 is 0 Å². The van der Waals surface area contributed by atoms with E-state index in [9.17, 15) is 4.79 Å². The van der Waals surface area contributed by atoms with Crippen LogP contribution < -0.4 is 15.8 Å². The minimum absolute atomic E-state index is 0. The van der Waals surface area contributed by atoms with E-state index in [2.05, 4.69) is 5.32 Å². The van der Waals surface area contributed by atoms with Crippen LogP contribution in [0.5, 0.6) is 5.75 Å². The molecule has 1 saturated carbocycles. The molecule has 2 atom stereocenters. The summed E-state index contributed by atoms with van der Waals surface area (Å²) in [5, 5.41) is 5.04. The van der Waals surface area contributed by atoms with Crippen LogP contribution in [0.2, 0.25) is 0 Å². The minimum atomic E-state index is -0.0239. The van der Waals surface area contributed by atoms with Gasteiger partial charge < -0.3 is 15.8 Å². The monoisotopic (exact) mass is 334 g/mol. The zero-order chi connectivity index (χ0) is 15.5. The molecule has 1 aliphatic rings. The van der Waals surface area contributed by atoms with E-state index in [0.29, 0.717) is 18.0 Å². The number of rotatable bonds is 4. The SMILES string of the molecule is COc1ccc(C(=O)NC2CCCC2CN)c2ccccc12.Cl. The Bertz CT molecular complexity index is 690. The van der Waals surface area contributed by atoms with Crippen LogP contribution in [0.1, 0.15) is 29.6 Å². The molecule has 3 rings (SSSR count). The van der Waals surface area contributed by atoms with E-state index in [1.165, 1.54) is 0 Å². The van der Waals surface area contributed by atoms with Crippen molar-refractivity contribution in [2.75, 3.05) is 13.7 Å². The standard InChI is InChI=1S/C18H22N2O2.ClH/c1-22-17-10-9-15(13-6-2-3-7-14(13)17)18(21)20-16-8-4-5-12(16)11-19;/h2-3,6-7,9-10,12,16H,4-5,8,11,19H2,1H3,(H,20,21);1H. The Hall–Kier alpha value is -1.78. The normalized spacial score (nSPS) is 20.1. The number of carbonyl (C=O) groups is 1. The van der Waals surface area contributed by atoms with E-state index in [1.54, 1.807) is 7.11 Å². The molecule has 3 N–H and O–H groups in total. The van der Waals surface area contributed by atoms with Gasteiger partial charge in [-0.15, -0.1) is 12.4 Å². The van der Waals surface area contributed by atoms with Crippen LogP contribution >= 0.6 is 12.4 Å². The molecular formula is C18H23ClN2O2. The van der Waals surface area contributed by atoms with Crippen LogP contribution in [0.25, 0.3) is 10.8 Å². The van der Waals surface area contributed by atoms with Gasteiger partial charge in [-0.05, 0) is 42.8 Å². The number of benzene rings is 2. The van der Waals surface area contributed by atoms with Gasteiger partial charge in [-0.3, -0.25) is 4.79 Å². The van der Waals surface area contributed by atoms with Crippen molar-refractivity contribution in [1.29, 1.82) is 0 Å². The summed E-state index contributed by atoms with van der Waals surface area (Å²) in [5.74, 6) is 1.16. The highest BCUT2D eigenvalue weighted by molar-refractivity contribution is 6.08. The predicted molar refractivity (Wildman–Crippen MR) is 95.4 cm³/mol. The summed E-state index contributed by atoms with van der Waals surface area (Å²) in [6, 6.07) is 11.7. The third-order valence-corrected chi connectivity index (χ3v) is 4.63. The Kier molecular flexibility index (Phi) is 5.85. The molecule has 5 heteroatoms. The van der Waals surface area contributed by atoms with Gasteiger partial charge in [-0.2, -0.15) is 0 Å². The Labute approximate surface area is 142 Å². The molecule has 1 aliphatic carbocycles. The molecule has 0 radical (unpaired) electrons. The maximum absolute atomic E-state index is 12.7. The molecule has 1 amide bonds. The number of ether oxygens (including phenoxy) is 1. The van der Waals surface area contributed by atoms with Crippen molar-refractivity contribution in [2.24, 2.45) is 11.7 Å². The number of hydrogen-bond acceptors (Lipinski definition) is 3. The second-order valence-electron chi connectivity index (χ2n) is 5.87. The second-order valence-corrected chi connectivity index (χ2v) is 5.87. The molecule has 0 saturated heterocycles. The van der Waals surface area contributed by atoms with E-state index in [0.717, 1.165) is 35.8 Å². The van der Waals surface area contributed by atoms with Crippen LogP contribution in [0, 0.1) is 5.92 Å². The molecule has 4 nitrogen and oxygen atoms in total. The molecule has 0 aliphatic heterocycles. The lowest BCUT2D eigenvalue weighted by Gasteiger charge is -2.20. The number of hydrogen-bond donors (Lipinski definition) is 2. The van der Waals surface area contributed by atoms with Crippen molar-refractivity contribution in [1.82, 2.24) is 5.32 Å². The van der Waals surface area contributed by atoms with Crippen LogP contribution in [0.3, 0.4) is 0 Å². The zero-order valence-corrected chi connectivity index (χ0v) is 14.1. The Morgan fingerprint density at radius 1 is 1.22 bits per heavy atom. The lowest BCUT2D eigenvalue weighted by Crippen LogP contribution is -2.39. The number of nitrogens with two attached hydrogens (primary N) is 1. The minimum Gasteiger partial charge on any atom is -0.496 e. The molecule has 23 heavy (non-hydrogen) atoms. The number of methoxy groups -OCH3 is 1. The van der Waals surface area contributed by atoms with Gasteiger partial charge in [-0.25, -0.2) is 0 Å². The molecule has 0 heterocycles. The van der Waals surface area contributed by atoms with Crippen molar-refractivity contribution >= 4 is 29.1 Å². The van der Waals surface area contributed by atoms with Gasteiger partial charge in [0.15, 0.2) is 0 Å². The van der Waals surface area contributed by atoms with Gasteiger partial charge in [0, 0.05) is 17.0 Å². The fourth-order valence-electron chi connectivity index (χ4n) is 3.40. The summed E-state index contributed by atoms with van der Waals surface area (Å²) in [7, 11) is 1.64. The van der Waals surface area contributed by atoms with E-state index in [4.69, 9.17) is 10.5 Å². The van der Waals surface area contributed by atoms with Crippen molar-refractivity contribution in [3.05, 3.63) is 42.0 Å². The highest BCUT2D eigenvalue weighted by Crippen LogP contribution is 2.29. The van der Waals surface area contributed by atoms with Crippen molar-refractivity contribution in [2.45, 2.75) is 25.3 Å². The first-order valence-corrected chi connectivity index (χ1v) is 7.81. The van der Waals surface area contributed by atoms with Crippen LogP contribution in [-0.2, 0) is 0 Å². The molecule has 0 spiro atoms. The van der Waals surface area contributed by atoms with E-state index in [1.807, 2.05) is 36.4 Å². The first kappa shape index (κ1) is 17.6. The number of amides is 1. The van der Waals surface area contributed by atoms with Crippen LogP contribution in [0.4, 0.5) is 0 Å². The van der Waals surface area contributed by atoms with E-state index in [-0.39, 0.29) is 24.4 Å². The number of nitrogens with one attached hydrogen (secondary N) is 1. The topological polar surface area (TPSA) is 64.3 Å². The summed E-state index contributed by atoms with van der Waals surface area (Å²) in [5.41, 5.74) is 6.49. The maximum atomic E-state index is 12.7. The largest absolute Gasteiger partial charge is 0.496 e. The molecule has 0 aromatic heterocycles. The summed E-state index contributed by atoms with van der Waals surface area (Å²) >= 11 is 0. The number of halogens is 1. The summed E-state index contributed by atoms with van der Waals surface area (Å²) in [4.78, 5) is 12.7. The molecule has 2 aromatic rings. The van der Waals surface area contributed by atoms with Crippen molar-refractivity contribution in [3.63, 3.8) is 0 Å². The fourth-order valence-corrected chi connectivity index (χ4v) is 3.40. The zero-order valence-electron chi connectivity index (χ0n) is 13.2. The average molecular weight is 335 g/mol. The first-order chi connectivity index (χ1) is 10.7. The first-order valence-electron chi connectivity index (χ1n) is 7.81. The van der Waals surface area contributed by atoms with Crippen molar-refractivity contribution < 1.29 is 9.53 Å². The second kappa shape index (κ2) is 7.66. The molecule has 124 valence electrons. The Balaban J connectivity index is 0.00000192. The molecule has 2 aromatic carbocycles. The Morgan fingerprint density at radius 2 is 1.96 bits per heavy atom. The third kappa shape index (κ3) is 3.43. The summed E-state index contributed by atoms with van der Waals surface area (Å²) < 4.78 is 5.38. The highest BCUT2D eigenvalue weighted by atomic mass is 35.5. The maximum Gasteiger partial charge on any atom is 0.252 e.